The van der Waals surface area contributed by atoms with Crippen LogP contribution < -0.4 is 10.6 Å². The fraction of sp³-hybridized carbons (Fsp3) is 0.214. The Morgan fingerprint density at radius 3 is 2.50 bits per heavy atom. The van der Waals surface area contributed by atoms with Crippen LogP contribution in [0.2, 0.25) is 4.34 Å². The first kappa shape index (κ1) is 15.4. The zero-order valence-corrected chi connectivity index (χ0v) is 14.0. The number of halogens is 2. The van der Waals surface area contributed by atoms with Gasteiger partial charge in [-0.2, -0.15) is 0 Å². The van der Waals surface area contributed by atoms with Crippen molar-refractivity contribution >= 4 is 56.1 Å². The molecule has 1 aromatic carbocycles. The second-order valence-corrected chi connectivity index (χ2v) is 6.76. The smallest absolute Gasteiger partial charge is 0.224 e. The first-order valence-electron chi connectivity index (χ1n) is 6.16. The number of thiophene rings is 1. The zero-order chi connectivity index (χ0) is 14.5. The highest BCUT2D eigenvalue weighted by atomic mass is 79.9. The number of hydrogen-bond acceptors (Lipinski definition) is 3. The van der Waals surface area contributed by atoms with E-state index < -0.39 is 0 Å². The molecule has 0 atom stereocenters. The van der Waals surface area contributed by atoms with Crippen molar-refractivity contribution in [1.82, 2.24) is 0 Å². The van der Waals surface area contributed by atoms with Gasteiger partial charge in [-0.1, -0.05) is 18.5 Å². The molecule has 0 fully saturated rings. The van der Waals surface area contributed by atoms with Gasteiger partial charge in [0.2, 0.25) is 5.91 Å². The van der Waals surface area contributed by atoms with Crippen LogP contribution in [0.5, 0.6) is 0 Å². The minimum Gasteiger partial charge on any atom is -0.380 e. The van der Waals surface area contributed by atoms with Crippen LogP contribution in [-0.4, -0.2) is 5.91 Å². The molecule has 2 aromatic rings. The van der Waals surface area contributed by atoms with Gasteiger partial charge in [-0.3, -0.25) is 4.79 Å². The van der Waals surface area contributed by atoms with Crippen molar-refractivity contribution in [2.75, 3.05) is 10.6 Å². The van der Waals surface area contributed by atoms with Crippen LogP contribution in [0.15, 0.2) is 34.8 Å². The van der Waals surface area contributed by atoms with Crippen LogP contribution in [0.3, 0.4) is 0 Å². The van der Waals surface area contributed by atoms with E-state index in [1.807, 2.05) is 37.3 Å². The third kappa shape index (κ3) is 4.23. The summed E-state index contributed by atoms with van der Waals surface area (Å²) in [5.41, 5.74) is 1.81. The van der Waals surface area contributed by atoms with Crippen molar-refractivity contribution in [3.05, 3.63) is 44.0 Å². The van der Waals surface area contributed by atoms with Gasteiger partial charge in [0.05, 0.1) is 0 Å². The van der Waals surface area contributed by atoms with E-state index >= 15 is 0 Å². The van der Waals surface area contributed by atoms with E-state index in [4.69, 9.17) is 11.6 Å². The summed E-state index contributed by atoms with van der Waals surface area (Å²) in [4.78, 5) is 12.4. The molecule has 0 saturated heterocycles. The molecule has 0 bridgehead atoms. The number of carbonyl (C=O) groups is 1. The molecule has 6 heteroatoms. The molecule has 1 heterocycles. The van der Waals surface area contributed by atoms with Gasteiger partial charge in [-0.25, -0.2) is 0 Å². The van der Waals surface area contributed by atoms with Gasteiger partial charge >= 0.3 is 0 Å². The molecule has 1 aromatic heterocycles. The van der Waals surface area contributed by atoms with Crippen LogP contribution >= 0.6 is 38.9 Å². The molecule has 0 aliphatic rings. The van der Waals surface area contributed by atoms with Crippen molar-refractivity contribution in [2.45, 2.75) is 19.9 Å². The Kier molecular flexibility index (Phi) is 5.46. The molecule has 20 heavy (non-hydrogen) atoms. The maximum atomic E-state index is 11.3. The highest BCUT2D eigenvalue weighted by Gasteiger charge is 2.04. The number of carbonyl (C=O) groups excluding carboxylic acids is 1. The van der Waals surface area contributed by atoms with Gasteiger partial charge in [0.25, 0.3) is 0 Å². The predicted molar refractivity (Wildman–Crippen MR) is 89.7 cm³/mol. The zero-order valence-electron chi connectivity index (χ0n) is 10.9. The number of nitrogens with one attached hydrogen (secondary N) is 2. The van der Waals surface area contributed by atoms with Gasteiger partial charge in [-0.15, -0.1) is 11.3 Å². The molecule has 0 aliphatic heterocycles. The lowest BCUT2D eigenvalue weighted by atomic mass is 10.2. The van der Waals surface area contributed by atoms with Crippen molar-refractivity contribution in [3.63, 3.8) is 0 Å². The number of rotatable bonds is 5. The average molecular weight is 374 g/mol. The predicted octanol–water partition coefficient (Wildman–Crippen LogP) is 5.12. The molecule has 2 rings (SSSR count). The van der Waals surface area contributed by atoms with Crippen molar-refractivity contribution in [3.8, 4) is 0 Å². The summed E-state index contributed by atoms with van der Waals surface area (Å²) >= 11 is 10.9. The monoisotopic (exact) mass is 372 g/mol. The van der Waals surface area contributed by atoms with Crippen LogP contribution in [0.25, 0.3) is 0 Å². The Balaban J connectivity index is 1.92. The summed E-state index contributed by atoms with van der Waals surface area (Å²) in [6, 6.07) is 9.65. The van der Waals surface area contributed by atoms with Crippen molar-refractivity contribution in [1.29, 1.82) is 0 Å². The third-order valence-corrected chi connectivity index (χ3v) is 5.13. The van der Waals surface area contributed by atoms with E-state index in [-0.39, 0.29) is 5.91 Å². The van der Waals surface area contributed by atoms with Crippen molar-refractivity contribution < 1.29 is 4.79 Å². The van der Waals surface area contributed by atoms with Crippen LogP contribution in [-0.2, 0) is 11.3 Å². The molecular formula is C14H14BrClN2OS. The fourth-order valence-corrected chi connectivity index (χ4v) is 3.32. The molecule has 3 nitrogen and oxygen atoms in total. The lowest BCUT2D eigenvalue weighted by Crippen LogP contribution is -2.09. The van der Waals surface area contributed by atoms with E-state index in [0.717, 1.165) is 31.6 Å². The molecular weight excluding hydrogens is 360 g/mol. The summed E-state index contributed by atoms with van der Waals surface area (Å²) in [6.45, 7) is 2.55. The second kappa shape index (κ2) is 7.11. The van der Waals surface area contributed by atoms with E-state index in [0.29, 0.717) is 6.42 Å². The molecule has 0 spiro atoms. The quantitative estimate of drug-likeness (QED) is 0.763. The minimum atomic E-state index is 0.0174. The largest absolute Gasteiger partial charge is 0.380 e. The van der Waals surface area contributed by atoms with E-state index in [1.54, 1.807) is 11.3 Å². The number of amides is 1. The van der Waals surface area contributed by atoms with Gasteiger partial charge in [-0.05, 0) is 46.3 Å². The number of benzene rings is 1. The van der Waals surface area contributed by atoms with Crippen LogP contribution in [0.1, 0.15) is 18.2 Å². The Bertz CT molecular complexity index is 578. The molecule has 0 aliphatic carbocycles. The highest BCUT2D eigenvalue weighted by Crippen LogP contribution is 2.32. The Morgan fingerprint density at radius 1 is 1.30 bits per heavy atom. The standard InChI is InChI=1S/C14H14BrClN2OS/c1-2-13(19)18-10-5-3-9(4-6-10)17-8-11-7-12(15)14(16)20-11/h3-7,17H,2,8H2,1H3,(H,18,19). The van der Waals surface area contributed by atoms with Gasteiger partial charge in [0.15, 0.2) is 0 Å². The maximum Gasteiger partial charge on any atom is 0.224 e. The van der Waals surface area contributed by atoms with Gasteiger partial charge in [0.1, 0.15) is 4.34 Å². The summed E-state index contributed by atoms with van der Waals surface area (Å²) in [6.07, 6.45) is 0.480. The molecule has 106 valence electrons. The summed E-state index contributed by atoms with van der Waals surface area (Å²) in [7, 11) is 0. The average Bonchev–Trinajstić information content (AvgIpc) is 2.77. The number of anilines is 2. The topological polar surface area (TPSA) is 41.1 Å². The van der Waals surface area contributed by atoms with E-state index in [9.17, 15) is 4.79 Å². The van der Waals surface area contributed by atoms with Crippen LogP contribution in [0.4, 0.5) is 11.4 Å². The van der Waals surface area contributed by atoms with Gasteiger partial charge < -0.3 is 10.6 Å². The summed E-state index contributed by atoms with van der Waals surface area (Å²) < 4.78 is 1.69. The second-order valence-electron chi connectivity index (χ2n) is 4.17. The lowest BCUT2D eigenvalue weighted by Gasteiger charge is -2.07. The Hall–Kier alpha value is -1.04. The lowest BCUT2D eigenvalue weighted by molar-refractivity contribution is -0.115. The minimum absolute atomic E-state index is 0.0174. The Morgan fingerprint density at radius 2 is 1.95 bits per heavy atom. The highest BCUT2D eigenvalue weighted by molar-refractivity contribution is 9.10. The molecule has 0 radical (unpaired) electrons. The van der Waals surface area contributed by atoms with E-state index in [2.05, 4.69) is 26.6 Å². The summed E-state index contributed by atoms with van der Waals surface area (Å²) in [5, 5.41) is 6.13. The Labute approximate surface area is 135 Å². The third-order valence-electron chi connectivity index (χ3n) is 2.65. The van der Waals surface area contributed by atoms with Gasteiger partial charge in [0, 0.05) is 33.7 Å². The van der Waals surface area contributed by atoms with Crippen LogP contribution in [0, 0.1) is 0 Å². The van der Waals surface area contributed by atoms with Crippen molar-refractivity contribution in [2.24, 2.45) is 0 Å². The number of hydrogen-bond donors (Lipinski definition) is 2. The fourth-order valence-electron chi connectivity index (χ4n) is 1.59. The first-order valence-corrected chi connectivity index (χ1v) is 8.14. The molecule has 0 unspecified atom stereocenters. The van der Waals surface area contributed by atoms with E-state index in [1.165, 1.54) is 0 Å². The molecule has 0 saturated carbocycles. The molecule has 1 amide bonds. The summed E-state index contributed by atoms with van der Waals surface area (Å²) in [5.74, 6) is 0.0174. The normalized spacial score (nSPS) is 10.3. The first-order chi connectivity index (χ1) is 9.58. The SMILES string of the molecule is CCC(=O)Nc1ccc(NCc2cc(Br)c(Cl)s2)cc1. The molecule has 2 N–H and O–H groups in total. The maximum absolute atomic E-state index is 11.3.